The third kappa shape index (κ3) is 9.93. The van der Waals surface area contributed by atoms with Crippen molar-refractivity contribution in [3.8, 4) is 11.5 Å². The van der Waals surface area contributed by atoms with Gasteiger partial charge in [0.25, 0.3) is 0 Å². The molecule has 0 saturated heterocycles. The summed E-state index contributed by atoms with van der Waals surface area (Å²) >= 11 is 0. The lowest BCUT2D eigenvalue weighted by atomic mass is 10.1. The molecule has 0 atom stereocenters. The summed E-state index contributed by atoms with van der Waals surface area (Å²) in [5.41, 5.74) is 0.905. The Hall–Kier alpha value is -1.97. The van der Waals surface area contributed by atoms with Gasteiger partial charge in [0.15, 0.2) is 11.5 Å². The Balaban J connectivity index is 0.00000254. The summed E-state index contributed by atoms with van der Waals surface area (Å²) in [6.07, 6.45) is 7.88. The molecule has 0 heterocycles. The molecule has 0 aliphatic heterocycles. The Morgan fingerprint density at radius 2 is 2.00 bits per heavy atom. The van der Waals surface area contributed by atoms with E-state index in [4.69, 9.17) is 4.74 Å². The molecule has 1 aromatic rings. The van der Waals surface area contributed by atoms with E-state index in [1.165, 1.54) is 7.11 Å². The number of phenolic OH excluding ortho intramolecular Hbond substituents is 1. The van der Waals surface area contributed by atoms with Crippen molar-refractivity contribution >= 4 is 5.91 Å². The number of ether oxygens (including phenoxy) is 1. The van der Waals surface area contributed by atoms with E-state index in [-0.39, 0.29) is 11.7 Å². The first-order valence-electron chi connectivity index (χ1n) is 8.82. The highest BCUT2D eigenvalue weighted by Crippen LogP contribution is 2.26. The summed E-state index contributed by atoms with van der Waals surface area (Å²) in [5.74, 6) is 1.17. The maximum Gasteiger partial charge on any atom is 0.220 e. The lowest BCUT2D eigenvalue weighted by molar-refractivity contribution is -0.121. The summed E-state index contributed by atoms with van der Waals surface area (Å²) in [4.78, 5) is 11.8. The maximum atomic E-state index is 11.8. The quantitative estimate of drug-likeness (QED) is 0.502. The van der Waals surface area contributed by atoms with E-state index < -0.39 is 0 Å². The predicted molar refractivity (Wildman–Crippen MR) is 100 cm³/mol. The van der Waals surface area contributed by atoms with Gasteiger partial charge < -0.3 is 15.2 Å². The van der Waals surface area contributed by atoms with Crippen LogP contribution in [0.1, 0.15) is 58.9 Å². The van der Waals surface area contributed by atoms with Gasteiger partial charge in [0.2, 0.25) is 5.91 Å². The van der Waals surface area contributed by atoms with E-state index >= 15 is 0 Å². The molecule has 1 rings (SSSR count). The average Bonchev–Trinajstić information content (AvgIpc) is 2.58. The van der Waals surface area contributed by atoms with Crippen LogP contribution in [0.5, 0.6) is 11.5 Å². The van der Waals surface area contributed by atoms with Crippen LogP contribution in [0.4, 0.5) is 0 Å². The lowest BCUT2D eigenvalue weighted by Crippen LogP contribution is -2.22. The molecule has 0 unspecified atom stereocenters. The number of unbranched alkanes of at least 4 members (excludes halogenated alkanes) is 2. The fourth-order valence-electron chi connectivity index (χ4n) is 2.04. The molecule has 1 amide bonds. The number of carbonyl (C=O) groups is 1. The Morgan fingerprint density at radius 3 is 2.62 bits per heavy atom. The number of hydrogen-bond acceptors (Lipinski definition) is 3. The molecule has 0 fully saturated rings. The third-order valence-electron chi connectivity index (χ3n) is 3.28. The van der Waals surface area contributed by atoms with Crippen LogP contribution in [0.25, 0.3) is 0 Å². The minimum absolute atomic E-state index is 0.0554. The summed E-state index contributed by atoms with van der Waals surface area (Å²) in [7, 11) is 1.51. The number of amides is 1. The van der Waals surface area contributed by atoms with Crippen molar-refractivity contribution in [1.29, 1.82) is 0 Å². The number of aromatic hydroxyl groups is 1. The number of methoxy groups -OCH3 is 1. The van der Waals surface area contributed by atoms with Crippen LogP contribution in [-0.2, 0) is 11.3 Å². The summed E-state index contributed by atoms with van der Waals surface area (Å²) < 4.78 is 5.04. The monoisotopic (exact) mass is 335 g/mol. The molecule has 0 aliphatic rings. The molecule has 4 nitrogen and oxygen atoms in total. The van der Waals surface area contributed by atoms with Gasteiger partial charge in [-0.25, -0.2) is 0 Å². The van der Waals surface area contributed by atoms with E-state index in [2.05, 4.69) is 31.3 Å². The fraction of sp³-hybridized carbons (Fsp3) is 0.550. The van der Waals surface area contributed by atoms with Crippen molar-refractivity contribution in [3.63, 3.8) is 0 Å². The maximum absolute atomic E-state index is 11.8. The summed E-state index contributed by atoms with van der Waals surface area (Å²) in [5, 5.41) is 12.4. The van der Waals surface area contributed by atoms with Crippen LogP contribution < -0.4 is 10.1 Å². The first-order valence-corrected chi connectivity index (χ1v) is 8.82. The van der Waals surface area contributed by atoms with Crippen LogP contribution in [0.15, 0.2) is 30.4 Å². The van der Waals surface area contributed by atoms with Gasteiger partial charge >= 0.3 is 0 Å². The Bertz CT molecular complexity index is 496. The summed E-state index contributed by atoms with van der Waals surface area (Å²) in [6, 6.07) is 5.07. The second kappa shape index (κ2) is 13.5. The fourth-order valence-corrected chi connectivity index (χ4v) is 2.04. The molecule has 4 heteroatoms. The summed E-state index contributed by atoms with van der Waals surface area (Å²) in [6.45, 7) is 8.76. The molecule has 0 radical (unpaired) electrons. The predicted octanol–water partition coefficient (Wildman–Crippen LogP) is 4.82. The van der Waals surface area contributed by atoms with Gasteiger partial charge in [-0.15, -0.1) is 0 Å². The van der Waals surface area contributed by atoms with E-state index in [0.29, 0.717) is 24.6 Å². The molecule has 0 bridgehead atoms. The van der Waals surface area contributed by atoms with Crippen molar-refractivity contribution in [3.05, 3.63) is 35.9 Å². The van der Waals surface area contributed by atoms with Crippen molar-refractivity contribution in [2.45, 2.75) is 59.9 Å². The number of nitrogens with one attached hydrogen (secondary N) is 1. The average molecular weight is 335 g/mol. The number of benzene rings is 1. The molecule has 0 aliphatic carbocycles. The molecular weight excluding hydrogens is 302 g/mol. The highest BCUT2D eigenvalue weighted by atomic mass is 16.5. The molecule has 136 valence electrons. The molecule has 0 aromatic heterocycles. The molecule has 24 heavy (non-hydrogen) atoms. The zero-order valence-electron chi connectivity index (χ0n) is 15.8. The Labute approximate surface area is 146 Å². The molecule has 1 aromatic carbocycles. The second-order valence-electron chi connectivity index (χ2n) is 5.70. The van der Waals surface area contributed by atoms with Crippen LogP contribution >= 0.6 is 0 Å². The topological polar surface area (TPSA) is 58.6 Å². The van der Waals surface area contributed by atoms with Crippen LogP contribution in [0.3, 0.4) is 0 Å². The van der Waals surface area contributed by atoms with Crippen molar-refractivity contribution in [2.24, 2.45) is 5.92 Å². The lowest BCUT2D eigenvalue weighted by Gasteiger charge is -2.08. The Kier molecular flexibility index (Phi) is 12.4. The molecular formula is C20H33NO3. The van der Waals surface area contributed by atoms with Gasteiger partial charge in [-0.2, -0.15) is 0 Å². The molecule has 0 spiro atoms. The number of allylic oxidation sites excluding steroid dienone is 2. The van der Waals surface area contributed by atoms with Crippen LogP contribution in [0.2, 0.25) is 0 Å². The van der Waals surface area contributed by atoms with Gasteiger partial charge in [-0.1, -0.05) is 45.9 Å². The van der Waals surface area contributed by atoms with E-state index in [9.17, 15) is 9.90 Å². The van der Waals surface area contributed by atoms with Crippen molar-refractivity contribution in [1.82, 2.24) is 5.32 Å². The van der Waals surface area contributed by atoms with Gasteiger partial charge in [0, 0.05) is 13.0 Å². The standard InChI is InChI=1S/C18H27NO3.C2H6/c1-14(2)8-6-4-5-7-9-18(21)19-13-15-10-11-16(20)17(12-15)22-3;1-2/h6,8,10-12,14,20H,4-5,7,9,13H2,1-3H3,(H,19,21);1-2H3/b8-6+;. The van der Waals surface area contributed by atoms with Crippen molar-refractivity contribution < 1.29 is 14.6 Å². The van der Waals surface area contributed by atoms with E-state index in [1.54, 1.807) is 18.2 Å². The zero-order valence-corrected chi connectivity index (χ0v) is 15.8. The highest BCUT2D eigenvalue weighted by Gasteiger charge is 2.04. The minimum Gasteiger partial charge on any atom is -0.504 e. The van der Waals surface area contributed by atoms with E-state index in [1.807, 2.05) is 13.8 Å². The van der Waals surface area contributed by atoms with Gasteiger partial charge in [0.1, 0.15) is 0 Å². The number of rotatable bonds is 9. The SMILES string of the molecule is CC.COc1cc(CNC(=O)CCCC/C=C/C(C)C)ccc1O. The van der Waals surface area contributed by atoms with Gasteiger partial charge in [0.05, 0.1) is 7.11 Å². The van der Waals surface area contributed by atoms with Gasteiger partial charge in [-0.05, 0) is 42.9 Å². The van der Waals surface area contributed by atoms with Crippen LogP contribution in [-0.4, -0.2) is 18.1 Å². The first kappa shape index (κ1) is 22.0. The highest BCUT2D eigenvalue weighted by molar-refractivity contribution is 5.75. The van der Waals surface area contributed by atoms with Gasteiger partial charge in [-0.3, -0.25) is 4.79 Å². The largest absolute Gasteiger partial charge is 0.504 e. The smallest absolute Gasteiger partial charge is 0.220 e. The minimum atomic E-state index is 0.0554. The normalized spacial score (nSPS) is 10.4. The number of hydrogen-bond donors (Lipinski definition) is 2. The number of carbonyl (C=O) groups excluding carboxylic acids is 1. The molecule has 2 N–H and O–H groups in total. The number of phenols is 1. The van der Waals surface area contributed by atoms with Crippen LogP contribution in [0, 0.1) is 5.92 Å². The van der Waals surface area contributed by atoms with Crippen molar-refractivity contribution in [2.75, 3.05) is 7.11 Å². The second-order valence-corrected chi connectivity index (χ2v) is 5.70. The van der Waals surface area contributed by atoms with E-state index in [0.717, 1.165) is 24.8 Å². The Morgan fingerprint density at radius 1 is 1.29 bits per heavy atom. The zero-order chi connectivity index (χ0) is 18.4. The molecule has 0 saturated carbocycles. The third-order valence-corrected chi connectivity index (χ3v) is 3.28. The first-order chi connectivity index (χ1) is 11.5.